The largest absolute Gasteiger partial charge is 0.493 e. The molecule has 1 N–H and O–H groups in total. The Morgan fingerprint density at radius 2 is 1.85 bits per heavy atom. The maximum absolute atomic E-state index is 12.3. The molecule has 0 bridgehead atoms. The lowest BCUT2D eigenvalue weighted by molar-refractivity contribution is -0.154. The second-order valence-electron chi connectivity index (χ2n) is 6.88. The molecule has 1 saturated carbocycles. The molecule has 0 aliphatic heterocycles. The molecule has 6 heteroatoms. The van der Waals surface area contributed by atoms with Crippen LogP contribution in [-0.4, -0.2) is 38.2 Å². The Kier molecular flexibility index (Phi) is 7.30. The molecule has 0 radical (unpaired) electrons. The first kappa shape index (κ1) is 20.1. The first-order valence-electron chi connectivity index (χ1n) is 9.15. The molecule has 0 aromatic heterocycles. The molecule has 1 aromatic carbocycles. The molecule has 0 saturated heterocycles. The van der Waals surface area contributed by atoms with Crippen LogP contribution in [0.3, 0.4) is 0 Å². The van der Waals surface area contributed by atoms with Crippen LogP contribution >= 0.6 is 0 Å². The Bertz CT molecular complexity index is 631. The minimum atomic E-state index is -0.809. The number of hydrogen-bond acceptors (Lipinski definition) is 5. The molecule has 1 aliphatic rings. The normalized spacial score (nSPS) is 20.8. The summed E-state index contributed by atoms with van der Waals surface area (Å²) in [6.45, 7) is 3.76. The van der Waals surface area contributed by atoms with E-state index in [4.69, 9.17) is 14.2 Å². The van der Waals surface area contributed by atoms with Gasteiger partial charge in [0.25, 0.3) is 5.91 Å². The molecule has 1 aliphatic carbocycles. The molecule has 144 valence electrons. The SMILES string of the molecule is COc1ccc(CC(=O)O[C@H](C)C(=O)N[C@H]2CCCC[C@@H]2C)cc1OC. The number of nitrogens with one attached hydrogen (secondary N) is 1. The van der Waals surface area contributed by atoms with Crippen LogP contribution in [0.15, 0.2) is 18.2 Å². The summed E-state index contributed by atoms with van der Waals surface area (Å²) >= 11 is 0. The molecule has 1 amide bonds. The van der Waals surface area contributed by atoms with E-state index in [1.54, 1.807) is 39.3 Å². The molecule has 26 heavy (non-hydrogen) atoms. The van der Waals surface area contributed by atoms with Crippen molar-refractivity contribution in [3.8, 4) is 11.5 Å². The highest BCUT2D eigenvalue weighted by molar-refractivity contribution is 5.84. The molecule has 2 rings (SSSR count). The van der Waals surface area contributed by atoms with Crippen LogP contribution in [0.4, 0.5) is 0 Å². The Labute approximate surface area is 155 Å². The van der Waals surface area contributed by atoms with Crippen molar-refractivity contribution in [1.29, 1.82) is 0 Å². The van der Waals surface area contributed by atoms with Gasteiger partial charge in [0, 0.05) is 6.04 Å². The van der Waals surface area contributed by atoms with Gasteiger partial charge in [-0.15, -0.1) is 0 Å². The van der Waals surface area contributed by atoms with Crippen LogP contribution in [0.25, 0.3) is 0 Å². The van der Waals surface area contributed by atoms with Crippen LogP contribution in [-0.2, 0) is 20.7 Å². The lowest BCUT2D eigenvalue weighted by Crippen LogP contribution is -2.46. The van der Waals surface area contributed by atoms with Crippen LogP contribution < -0.4 is 14.8 Å². The van der Waals surface area contributed by atoms with E-state index in [0.717, 1.165) is 24.8 Å². The van der Waals surface area contributed by atoms with Crippen molar-refractivity contribution < 1.29 is 23.8 Å². The van der Waals surface area contributed by atoms with Gasteiger partial charge in [0.1, 0.15) is 0 Å². The monoisotopic (exact) mass is 363 g/mol. The number of benzene rings is 1. The van der Waals surface area contributed by atoms with Gasteiger partial charge in [0.05, 0.1) is 20.6 Å². The van der Waals surface area contributed by atoms with E-state index >= 15 is 0 Å². The number of ether oxygens (including phenoxy) is 3. The topological polar surface area (TPSA) is 73.9 Å². The second-order valence-corrected chi connectivity index (χ2v) is 6.88. The van der Waals surface area contributed by atoms with Gasteiger partial charge in [0.2, 0.25) is 0 Å². The van der Waals surface area contributed by atoms with E-state index in [-0.39, 0.29) is 18.4 Å². The Morgan fingerprint density at radius 1 is 1.15 bits per heavy atom. The quantitative estimate of drug-likeness (QED) is 0.754. The van der Waals surface area contributed by atoms with E-state index in [0.29, 0.717) is 17.4 Å². The molecule has 1 aromatic rings. The van der Waals surface area contributed by atoms with Crippen LogP contribution in [0.2, 0.25) is 0 Å². The predicted octanol–water partition coefficient (Wildman–Crippen LogP) is 2.87. The van der Waals surface area contributed by atoms with E-state index in [1.807, 2.05) is 0 Å². The van der Waals surface area contributed by atoms with Crippen molar-refractivity contribution in [2.75, 3.05) is 14.2 Å². The highest BCUT2D eigenvalue weighted by Gasteiger charge is 2.26. The third kappa shape index (κ3) is 5.38. The summed E-state index contributed by atoms with van der Waals surface area (Å²) in [6.07, 6.45) is 3.71. The zero-order valence-corrected chi connectivity index (χ0v) is 16.0. The summed E-state index contributed by atoms with van der Waals surface area (Å²) in [7, 11) is 3.10. The molecular formula is C20H29NO5. The zero-order chi connectivity index (χ0) is 19.1. The van der Waals surface area contributed by atoms with E-state index in [9.17, 15) is 9.59 Å². The summed E-state index contributed by atoms with van der Waals surface area (Å²) in [5, 5.41) is 3.02. The maximum Gasteiger partial charge on any atom is 0.311 e. The number of methoxy groups -OCH3 is 2. The third-order valence-corrected chi connectivity index (χ3v) is 4.91. The summed E-state index contributed by atoms with van der Waals surface area (Å²) in [6, 6.07) is 5.41. The highest BCUT2D eigenvalue weighted by atomic mass is 16.5. The summed E-state index contributed by atoms with van der Waals surface area (Å²) < 4.78 is 15.7. The Balaban J connectivity index is 1.87. The molecule has 1 fully saturated rings. The molecule has 3 atom stereocenters. The number of carbonyl (C=O) groups excluding carboxylic acids is 2. The van der Waals surface area contributed by atoms with Crippen LogP contribution in [0, 0.1) is 5.92 Å². The summed E-state index contributed by atoms with van der Waals surface area (Å²) in [4.78, 5) is 24.5. The van der Waals surface area contributed by atoms with Gasteiger partial charge in [-0.3, -0.25) is 9.59 Å². The average molecular weight is 363 g/mol. The number of carbonyl (C=O) groups is 2. The van der Waals surface area contributed by atoms with Gasteiger partial charge < -0.3 is 19.5 Å². The van der Waals surface area contributed by atoms with E-state index < -0.39 is 12.1 Å². The smallest absolute Gasteiger partial charge is 0.311 e. The van der Waals surface area contributed by atoms with Gasteiger partial charge in [-0.2, -0.15) is 0 Å². The number of hydrogen-bond donors (Lipinski definition) is 1. The second kappa shape index (κ2) is 9.46. The first-order valence-corrected chi connectivity index (χ1v) is 9.15. The number of rotatable bonds is 7. The molecule has 0 unspecified atom stereocenters. The standard InChI is InChI=1S/C20H29NO5/c1-13-7-5-6-8-16(13)21-20(23)14(2)26-19(22)12-15-9-10-17(24-3)18(11-15)25-4/h9-11,13-14,16H,5-8,12H2,1-4H3,(H,21,23)/t13-,14+,16-/m0/s1. The van der Waals surface area contributed by atoms with Crippen LogP contribution in [0.1, 0.15) is 45.1 Å². The van der Waals surface area contributed by atoms with Gasteiger partial charge in [-0.25, -0.2) is 0 Å². The minimum Gasteiger partial charge on any atom is -0.493 e. The third-order valence-electron chi connectivity index (χ3n) is 4.91. The van der Waals surface area contributed by atoms with Gasteiger partial charge in [0.15, 0.2) is 17.6 Å². The maximum atomic E-state index is 12.3. The molecular weight excluding hydrogens is 334 g/mol. The fraction of sp³-hybridized carbons (Fsp3) is 0.600. The fourth-order valence-electron chi connectivity index (χ4n) is 3.28. The van der Waals surface area contributed by atoms with E-state index in [2.05, 4.69) is 12.2 Å². The Morgan fingerprint density at radius 3 is 2.50 bits per heavy atom. The first-order chi connectivity index (χ1) is 12.4. The van der Waals surface area contributed by atoms with Gasteiger partial charge >= 0.3 is 5.97 Å². The van der Waals surface area contributed by atoms with Crippen molar-refractivity contribution >= 4 is 11.9 Å². The minimum absolute atomic E-state index is 0.0673. The molecule has 0 spiro atoms. The van der Waals surface area contributed by atoms with Crippen LogP contribution in [0.5, 0.6) is 11.5 Å². The summed E-state index contributed by atoms with van der Waals surface area (Å²) in [5.74, 6) is 0.928. The zero-order valence-electron chi connectivity index (χ0n) is 16.0. The van der Waals surface area contributed by atoms with Crippen molar-refractivity contribution in [3.05, 3.63) is 23.8 Å². The Hall–Kier alpha value is -2.24. The van der Waals surface area contributed by atoms with Gasteiger partial charge in [-0.1, -0.05) is 25.8 Å². The van der Waals surface area contributed by atoms with E-state index in [1.165, 1.54) is 6.42 Å². The molecule has 6 nitrogen and oxygen atoms in total. The van der Waals surface area contributed by atoms with Crippen molar-refractivity contribution in [3.63, 3.8) is 0 Å². The lowest BCUT2D eigenvalue weighted by Gasteiger charge is -2.30. The lowest BCUT2D eigenvalue weighted by atomic mass is 9.86. The fourth-order valence-corrected chi connectivity index (χ4v) is 3.28. The number of amides is 1. The molecule has 0 heterocycles. The predicted molar refractivity (Wildman–Crippen MR) is 98.4 cm³/mol. The van der Waals surface area contributed by atoms with Crippen molar-refractivity contribution in [1.82, 2.24) is 5.32 Å². The van der Waals surface area contributed by atoms with Gasteiger partial charge in [-0.05, 0) is 43.4 Å². The number of esters is 1. The highest BCUT2D eigenvalue weighted by Crippen LogP contribution is 2.28. The summed E-state index contributed by atoms with van der Waals surface area (Å²) in [5.41, 5.74) is 0.737. The van der Waals surface area contributed by atoms with Crippen molar-refractivity contribution in [2.24, 2.45) is 5.92 Å². The van der Waals surface area contributed by atoms with Crippen molar-refractivity contribution in [2.45, 2.75) is 58.1 Å². The average Bonchev–Trinajstić information content (AvgIpc) is 2.63.